The maximum atomic E-state index is 11.3. The summed E-state index contributed by atoms with van der Waals surface area (Å²) < 4.78 is 22.7. The molecule has 0 radical (unpaired) electrons. The summed E-state index contributed by atoms with van der Waals surface area (Å²) >= 11 is 0. The van der Waals surface area contributed by atoms with Gasteiger partial charge in [0.2, 0.25) is 0 Å². The molecule has 1 heterocycles. The highest BCUT2D eigenvalue weighted by molar-refractivity contribution is 7.90. The normalized spacial score (nSPS) is 10.9. The minimum Gasteiger partial charge on any atom is -0.256 e. The molecule has 0 saturated heterocycles. The number of nitrogens with zero attached hydrogens (tertiary/aromatic N) is 1. The number of hydrogen-bond acceptors (Lipinski definition) is 3. The van der Waals surface area contributed by atoms with Crippen molar-refractivity contribution < 1.29 is 8.42 Å². The Labute approximate surface area is 106 Å². The van der Waals surface area contributed by atoms with Gasteiger partial charge in [0, 0.05) is 23.6 Å². The molecule has 90 valence electrons. The van der Waals surface area contributed by atoms with Crippen LogP contribution in [-0.4, -0.2) is 19.7 Å². The largest absolute Gasteiger partial charge is 0.256 e. The zero-order chi connectivity index (χ0) is 13.2. The van der Waals surface area contributed by atoms with Gasteiger partial charge in [0.25, 0.3) is 0 Å². The number of hydrogen-bond donors (Lipinski definition) is 0. The van der Waals surface area contributed by atoms with Crippen molar-refractivity contribution in [2.75, 3.05) is 6.26 Å². The molecule has 1 aromatic heterocycles. The van der Waals surface area contributed by atoms with Crippen molar-refractivity contribution in [1.82, 2.24) is 4.98 Å². The molecule has 0 aliphatic carbocycles. The summed E-state index contributed by atoms with van der Waals surface area (Å²) in [6, 6.07) is 10.1. The molecule has 0 N–H and O–H groups in total. The number of terminal acetylenes is 1. The number of pyridine rings is 1. The third-order valence-electron chi connectivity index (χ3n) is 2.50. The molecule has 0 amide bonds. The molecule has 0 spiro atoms. The van der Waals surface area contributed by atoms with Gasteiger partial charge in [-0.05, 0) is 24.3 Å². The summed E-state index contributed by atoms with van der Waals surface area (Å²) in [6.07, 6.45) is 8.13. The van der Waals surface area contributed by atoms with Crippen LogP contribution >= 0.6 is 0 Å². The predicted molar refractivity (Wildman–Crippen MR) is 70.7 cm³/mol. The van der Waals surface area contributed by atoms with Crippen molar-refractivity contribution >= 4 is 9.84 Å². The fourth-order valence-corrected chi connectivity index (χ4v) is 2.18. The van der Waals surface area contributed by atoms with Crippen LogP contribution in [0.4, 0.5) is 0 Å². The summed E-state index contributed by atoms with van der Waals surface area (Å²) in [5, 5.41) is 0. The van der Waals surface area contributed by atoms with Crippen LogP contribution in [0.25, 0.3) is 11.3 Å². The van der Waals surface area contributed by atoms with E-state index in [1.165, 1.54) is 6.26 Å². The Morgan fingerprint density at radius 2 is 1.83 bits per heavy atom. The first-order valence-electron chi connectivity index (χ1n) is 5.24. The fraction of sp³-hybridized carbons (Fsp3) is 0.0714. The van der Waals surface area contributed by atoms with Gasteiger partial charge >= 0.3 is 0 Å². The van der Waals surface area contributed by atoms with Gasteiger partial charge in [0.15, 0.2) is 9.84 Å². The Hall–Kier alpha value is -2.12. The Morgan fingerprint density at radius 3 is 2.39 bits per heavy atom. The molecule has 0 saturated carbocycles. The molecule has 0 aliphatic rings. The van der Waals surface area contributed by atoms with Gasteiger partial charge in [-0.2, -0.15) is 0 Å². The fourth-order valence-electron chi connectivity index (χ4n) is 1.55. The van der Waals surface area contributed by atoms with Crippen molar-refractivity contribution in [2.45, 2.75) is 4.90 Å². The first-order chi connectivity index (χ1) is 8.50. The smallest absolute Gasteiger partial charge is 0.175 e. The lowest BCUT2D eigenvalue weighted by atomic mass is 10.1. The van der Waals surface area contributed by atoms with Gasteiger partial charge in [-0.15, -0.1) is 6.42 Å². The van der Waals surface area contributed by atoms with E-state index in [2.05, 4.69) is 10.9 Å². The third kappa shape index (κ3) is 2.58. The Balaban J connectivity index is 2.44. The molecule has 0 fully saturated rings. The monoisotopic (exact) mass is 257 g/mol. The maximum absolute atomic E-state index is 11.3. The van der Waals surface area contributed by atoms with Crippen LogP contribution in [0.1, 0.15) is 5.56 Å². The molecule has 4 heteroatoms. The van der Waals surface area contributed by atoms with Crippen LogP contribution in [0.3, 0.4) is 0 Å². The first kappa shape index (κ1) is 12.3. The van der Waals surface area contributed by atoms with Gasteiger partial charge in [-0.25, -0.2) is 8.42 Å². The molecular formula is C14H11NO2S. The molecule has 3 nitrogen and oxygen atoms in total. The molecule has 18 heavy (non-hydrogen) atoms. The predicted octanol–water partition coefficient (Wildman–Crippen LogP) is 2.13. The van der Waals surface area contributed by atoms with Crippen LogP contribution < -0.4 is 0 Å². The van der Waals surface area contributed by atoms with E-state index in [0.29, 0.717) is 4.90 Å². The van der Waals surface area contributed by atoms with Crippen LogP contribution in [0, 0.1) is 12.3 Å². The van der Waals surface area contributed by atoms with Crippen LogP contribution in [0.2, 0.25) is 0 Å². The zero-order valence-electron chi connectivity index (χ0n) is 9.79. The third-order valence-corrected chi connectivity index (χ3v) is 3.63. The minimum absolute atomic E-state index is 0.291. The lowest BCUT2D eigenvalue weighted by Crippen LogP contribution is -1.96. The van der Waals surface area contributed by atoms with Crippen molar-refractivity contribution in [3.8, 4) is 23.6 Å². The topological polar surface area (TPSA) is 47.0 Å². The van der Waals surface area contributed by atoms with Crippen molar-refractivity contribution in [3.05, 3.63) is 48.2 Å². The second-order valence-electron chi connectivity index (χ2n) is 3.87. The Morgan fingerprint density at radius 1 is 1.17 bits per heavy atom. The summed E-state index contributed by atoms with van der Waals surface area (Å²) in [5.74, 6) is 2.54. The summed E-state index contributed by atoms with van der Waals surface area (Å²) in [4.78, 5) is 4.50. The summed E-state index contributed by atoms with van der Waals surface area (Å²) in [7, 11) is -3.17. The van der Waals surface area contributed by atoms with Crippen LogP contribution in [-0.2, 0) is 9.84 Å². The molecule has 0 aliphatic heterocycles. The lowest BCUT2D eigenvalue weighted by Gasteiger charge is -2.03. The van der Waals surface area contributed by atoms with Gasteiger partial charge in [-0.3, -0.25) is 4.98 Å². The van der Waals surface area contributed by atoms with E-state index < -0.39 is 9.84 Å². The van der Waals surface area contributed by atoms with E-state index in [-0.39, 0.29) is 0 Å². The van der Waals surface area contributed by atoms with Crippen molar-refractivity contribution in [3.63, 3.8) is 0 Å². The van der Waals surface area contributed by atoms with Crippen LogP contribution in [0.5, 0.6) is 0 Å². The number of rotatable bonds is 2. The zero-order valence-corrected chi connectivity index (χ0v) is 10.6. The SMILES string of the molecule is C#Cc1ccnc(-c2ccc(S(C)(=O)=O)cc2)c1. The molecule has 2 rings (SSSR count). The Kier molecular flexibility index (Phi) is 3.17. The van der Waals surface area contributed by atoms with Crippen molar-refractivity contribution in [2.24, 2.45) is 0 Å². The summed E-state index contributed by atoms with van der Waals surface area (Å²) in [6.45, 7) is 0. The highest BCUT2D eigenvalue weighted by atomic mass is 32.2. The molecule has 0 atom stereocenters. The molecule has 0 unspecified atom stereocenters. The number of aromatic nitrogens is 1. The number of benzene rings is 1. The van der Waals surface area contributed by atoms with E-state index in [9.17, 15) is 8.42 Å². The van der Waals surface area contributed by atoms with Crippen LogP contribution in [0.15, 0.2) is 47.5 Å². The van der Waals surface area contributed by atoms with E-state index >= 15 is 0 Å². The van der Waals surface area contributed by atoms with Gasteiger partial charge in [-0.1, -0.05) is 18.1 Å². The second kappa shape index (κ2) is 4.63. The van der Waals surface area contributed by atoms with E-state index in [1.54, 1.807) is 42.6 Å². The second-order valence-corrected chi connectivity index (χ2v) is 5.89. The van der Waals surface area contributed by atoms with E-state index in [0.717, 1.165) is 16.8 Å². The van der Waals surface area contributed by atoms with Gasteiger partial charge in [0.1, 0.15) is 0 Å². The van der Waals surface area contributed by atoms with Crippen molar-refractivity contribution in [1.29, 1.82) is 0 Å². The standard InChI is InChI=1S/C14H11NO2S/c1-3-11-8-9-15-14(10-11)12-4-6-13(7-5-12)18(2,16)17/h1,4-10H,2H3. The average molecular weight is 257 g/mol. The van der Waals surface area contributed by atoms with E-state index in [1.807, 2.05) is 0 Å². The highest BCUT2D eigenvalue weighted by Crippen LogP contribution is 2.20. The van der Waals surface area contributed by atoms with Gasteiger partial charge < -0.3 is 0 Å². The van der Waals surface area contributed by atoms with Gasteiger partial charge in [0.05, 0.1) is 10.6 Å². The molecule has 1 aromatic carbocycles. The molecular weight excluding hydrogens is 246 g/mol. The number of sulfone groups is 1. The lowest BCUT2D eigenvalue weighted by molar-refractivity contribution is 0.602. The average Bonchev–Trinajstić information content (AvgIpc) is 2.38. The Bertz CT molecular complexity index is 710. The summed E-state index contributed by atoms with van der Waals surface area (Å²) in [5.41, 5.74) is 2.30. The minimum atomic E-state index is -3.17. The molecule has 2 aromatic rings. The molecule has 0 bridgehead atoms. The first-order valence-corrected chi connectivity index (χ1v) is 7.13. The quantitative estimate of drug-likeness (QED) is 0.774. The highest BCUT2D eigenvalue weighted by Gasteiger charge is 2.07. The van der Waals surface area contributed by atoms with E-state index in [4.69, 9.17) is 6.42 Å². The maximum Gasteiger partial charge on any atom is 0.175 e.